The summed E-state index contributed by atoms with van der Waals surface area (Å²) in [5.41, 5.74) is 5.27. The van der Waals surface area contributed by atoms with Gasteiger partial charge in [-0.2, -0.15) is 0 Å². The highest BCUT2D eigenvalue weighted by molar-refractivity contribution is 5.73. The predicted octanol–water partition coefficient (Wildman–Crippen LogP) is -0.756. The van der Waals surface area contributed by atoms with Gasteiger partial charge >= 0.3 is 6.03 Å². The molecule has 0 aromatic heterocycles. The molecule has 1 heterocycles. The van der Waals surface area contributed by atoms with E-state index in [1.807, 2.05) is 0 Å². The first-order valence-electron chi connectivity index (χ1n) is 5.25. The molecule has 0 saturated carbocycles. The molecule has 0 spiro atoms. The zero-order valence-electron chi connectivity index (χ0n) is 8.51. The molecule has 2 amide bonds. The van der Waals surface area contributed by atoms with Crippen LogP contribution in [0.4, 0.5) is 4.79 Å². The summed E-state index contributed by atoms with van der Waals surface area (Å²) >= 11 is 0. The molecule has 0 aromatic rings. The van der Waals surface area contributed by atoms with E-state index in [2.05, 4.69) is 16.0 Å². The zero-order valence-corrected chi connectivity index (χ0v) is 8.51. The first-order chi connectivity index (χ1) is 6.83. The first kappa shape index (κ1) is 11.3. The Morgan fingerprint density at radius 3 is 2.71 bits per heavy atom. The molecule has 0 atom stereocenters. The second kappa shape index (κ2) is 6.62. The molecule has 0 aromatic carbocycles. The van der Waals surface area contributed by atoms with Crippen LogP contribution in [0.3, 0.4) is 0 Å². The number of carbonyl (C=O) groups excluding carboxylic acids is 1. The van der Waals surface area contributed by atoms with Crippen molar-refractivity contribution in [3.63, 3.8) is 0 Å². The van der Waals surface area contributed by atoms with Crippen molar-refractivity contribution in [2.45, 2.75) is 12.8 Å². The molecular weight excluding hydrogens is 180 g/mol. The number of amides is 2. The highest BCUT2D eigenvalue weighted by Crippen LogP contribution is 2.09. The number of hydrogen-bond donors (Lipinski definition) is 4. The minimum Gasteiger partial charge on any atom is -0.338 e. The molecule has 0 unspecified atom stereocenters. The van der Waals surface area contributed by atoms with E-state index in [1.54, 1.807) is 0 Å². The summed E-state index contributed by atoms with van der Waals surface area (Å²) in [4.78, 5) is 11.2. The van der Waals surface area contributed by atoms with Crippen LogP contribution < -0.4 is 21.7 Å². The molecular formula is C9H20N4O. The second-order valence-corrected chi connectivity index (χ2v) is 3.62. The van der Waals surface area contributed by atoms with E-state index in [0.717, 1.165) is 32.5 Å². The number of nitrogens with two attached hydrogens (primary N) is 1. The van der Waals surface area contributed by atoms with E-state index >= 15 is 0 Å². The lowest BCUT2D eigenvalue weighted by molar-refractivity contribution is 0.237. The van der Waals surface area contributed by atoms with Gasteiger partial charge in [0.2, 0.25) is 0 Å². The Morgan fingerprint density at radius 2 is 2.07 bits per heavy atom. The fraction of sp³-hybridized carbons (Fsp3) is 0.889. The van der Waals surface area contributed by atoms with Crippen molar-refractivity contribution in [3.05, 3.63) is 0 Å². The van der Waals surface area contributed by atoms with Crippen LogP contribution in [0.2, 0.25) is 0 Å². The van der Waals surface area contributed by atoms with Gasteiger partial charge in [0.05, 0.1) is 0 Å². The Kier molecular flexibility index (Phi) is 5.32. The molecule has 5 nitrogen and oxygen atoms in total. The van der Waals surface area contributed by atoms with Crippen LogP contribution in [-0.2, 0) is 0 Å². The molecule has 14 heavy (non-hydrogen) atoms. The Hall–Kier alpha value is -0.810. The highest BCUT2D eigenvalue weighted by atomic mass is 16.2. The van der Waals surface area contributed by atoms with Gasteiger partial charge in [-0.3, -0.25) is 0 Å². The average Bonchev–Trinajstić information content (AvgIpc) is 2.25. The van der Waals surface area contributed by atoms with Gasteiger partial charge in [0.15, 0.2) is 0 Å². The summed E-state index contributed by atoms with van der Waals surface area (Å²) in [6.45, 7) is 3.93. The van der Waals surface area contributed by atoms with Crippen molar-refractivity contribution < 1.29 is 4.79 Å². The molecule has 5 N–H and O–H groups in total. The number of nitrogens with one attached hydrogen (secondary N) is 3. The van der Waals surface area contributed by atoms with Crippen molar-refractivity contribution in [3.8, 4) is 0 Å². The Labute approximate surface area is 84.8 Å². The third kappa shape index (κ3) is 4.43. The summed E-state index contributed by atoms with van der Waals surface area (Å²) < 4.78 is 0. The molecule has 1 saturated heterocycles. The average molecular weight is 200 g/mol. The molecule has 5 heteroatoms. The van der Waals surface area contributed by atoms with Crippen molar-refractivity contribution in [2.75, 3.05) is 32.7 Å². The van der Waals surface area contributed by atoms with E-state index in [9.17, 15) is 4.79 Å². The van der Waals surface area contributed by atoms with E-state index in [1.165, 1.54) is 0 Å². The van der Waals surface area contributed by atoms with Crippen molar-refractivity contribution in [1.82, 2.24) is 16.0 Å². The Balaban J connectivity index is 2.03. The minimum atomic E-state index is -0.103. The SMILES string of the molecule is NCCNC(=O)NCC1CCNCC1. The van der Waals surface area contributed by atoms with Crippen LogP contribution in [0.5, 0.6) is 0 Å². The van der Waals surface area contributed by atoms with Gasteiger partial charge < -0.3 is 21.7 Å². The van der Waals surface area contributed by atoms with Gasteiger partial charge in [-0.05, 0) is 31.8 Å². The monoisotopic (exact) mass is 200 g/mol. The zero-order chi connectivity index (χ0) is 10.2. The summed E-state index contributed by atoms with van der Waals surface area (Å²) in [6.07, 6.45) is 2.30. The molecule has 0 radical (unpaired) electrons. The van der Waals surface area contributed by atoms with Crippen LogP contribution in [0.25, 0.3) is 0 Å². The number of piperidine rings is 1. The molecule has 1 aliphatic rings. The summed E-state index contributed by atoms with van der Waals surface area (Å²) in [5, 5.41) is 8.83. The minimum absolute atomic E-state index is 0.103. The van der Waals surface area contributed by atoms with Crippen LogP contribution in [-0.4, -0.2) is 38.8 Å². The first-order valence-corrected chi connectivity index (χ1v) is 5.25. The fourth-order valence-corrected chi connectivity index (χ4v) is 1.57. The summed E-state index contributed by atoms with van der Waals surface area (Å²) in [7, 11) is 0. The van der Waals surface area contributed by atoms with Crippen molar-refractivity contribution in [2.24, 2.45) is 11.7 Å². The Morgan fingerprint density at radius 1 is 1.36 bits per heavy atom. The third-order valence-corrected chi connectivity index (χ3v) is 2.44. The standard InChI is InChI=1S/C9H20N4O/c10-3-6-12-9(14)13-7-8-1-4-11-5-2-8/h8,11H,1-7,10H2,(H2,12,13,14). The van der Waals surface area contributed by atoms with Crippen LogP contribution in [0.15, 0.2) is 0 Å². The maximum atomic E-state index is 11.2. The smallest absolute Gasteiger partial charge is 0.314 e. The maximum Gasteiger partial charge on any atom is 0.314 e. The number of hydrogen-bond acceptors (Lipinski definition) is 3. The van der Waals surface area contributed by atoms with Gasteiger partial charge in [-0.25, -0.2) is 4.79 Å². The highest BCUT2D eigenvalue weighted by Gasteiger charge is 2.13. The predicted molar refractivity (Wildman–Crippen MR) is 56.0 cm³/mol. The summed E-state index contributed by atoms with van der Waals surface area (Å²) in [6, 6.07) is -0.103. The van der Waals surface area contributed by atoms with Crippen LogP contribution >= 0.6 is 0 Å². The summed E-state index contributed by atoms with van der Waals surface area (Å²) in [5.74, 6) is 0.625. The number of carbonyl (C=O) groups is 1. The largest absolute Gasteiger partial charge is 0.338 e. The van der Waals surface area contributed by atoms with Gasteiger partial charge in [0.1, 0.15) is 0 Å². The van der Waals surface area contributed by atoms with Gasteiger partial charge in [0.25, 0.3) is 0 Å². The van der Waals surface area contributed by atoms with E-state index < -0.39 is 0 Å². The van der Waals surface area contributed by atoms with E-state index in [4.69, 9.17) is 5.73 Å². The molecule has 0 aliphatic carbocycles. The van der Waals surface area contributed by atoms with Crippen molar-refractivity contribution in [1.29, 1.82) is 0 Å². The van der Waals surface area contributed by atoms with Gasteiger partial charge in [-0.1, -0.05) is 0 Å². The van der Waals surface area contributed by atoms with E-state index in [0.29, 0.717) is 19.0 Å². The number of rotatable bonds is 4. The van der Waals surface area contributed by atoms with Crippen LogP contribution in [0, 0.1) is 5.92 Å². The second-order valence-electron chi connectivity index (χ2n) is 3.62. The number of urea groups is 1. The fourth-order valence-electron chi connectivity index (χ4n) is 1.57. The molecule has 82 valence electrons. The lowest BCUT2D eigenvalue weighted by Crippen LogP contribution is -2.42. The molecule has 1 fully saturated rings. The van der Waals surface area contributed by atoms with Gasteiger partial charge in [-0.15, -0.1) is 0 Å². The van der Waals surface area contributed by atoms with E-state index in [-0.39, 0.29) is 6.03 Å². The maximum absolute atomic E-state index is 11.2. The molecule has 1 rings (SSSR count). The Bertz CT molecular complexity index is 168. The lowest BCUT2D eigenvalue weighted by Gasteiger charge is -2.22. The third-order valence-electron chi connectivity index (χ3n) is 2.44. The normalized spacial score (nSPS) is 17.8. The van der Waals surface area contributed by atoms with Crippen LogP contribution in [0.1, 0.15) is 12.8 Å². The molecule has 1 aliphatic heterocycles. The molecule has 0 bridgehead atoms. The lowest BCUT2D eigenvalue weighted by atomic mass is 9.98. The topological polar surface area (TPSA) is 79.2 Å². The quantitative estimate of drug-likeness (QED) is 0.482. The van der Waals surface area contributed by atoms with Gasteiger partial charge in [0, 0.05) is 19.6 Å². The van der Waals surface area contributed by atoms with Crippen molar-refractivity contribution >= 4 is 6.03 Å².